The molecule has 2 nitrogen and oxygen atoms in total. The number of unbranched alkanes of at least 4 members (excludes halogenated alkanes) is 5. The van der Waals surface area contributed by atoms with Gasteiger partial charge in [0.2, 0.25) is 0 Å². The van der Waals surface area contributed by atoms with Crippen molar-refractivity contribution in [3.05, 3.63) is 35.9 Å². The molecule has 0 spiro atoms. The second-order valence-electron chi connectivity index (χ2n) is 7.67. The summed E-state index contributed by atoms with van der Waals surface area (Å²) in [6, 6.07) is 8.05. The molecule has 0 N–H and O–H groups in total. The van der Waals surface area contributed by atoms with Gasteiger partial charge in [0.25, 0.3) is 0 Å². The first kappa shape index (κ1) is 20.7. The lowest BCUT2D eigenvalue weighted by molar-refractivity contribution is -0.134. The molecular formula is C24H36O2. The van der Waals surface area contributed by atoms with E-state index in [2.05, 4.69) is 32.1 Å². The Kier molecular flexibility index (Phi) is 9.52. The molecule has 1 aliphatic rings. The molecular weight excluding hydrogens is 320 g/mol. The average Bonchev–Trinajstić information content (AvgIpc) is 2.67. The van der Waals surface area contributed by atoms with Gasteiger partial charge in [-0.3, -0.25) is 4.79 Å². The summed E-state index contributed by atoms with van der Waals surface area (Å²) in [5.74, 6) is 1.41. The number of hydrogen-bond acceptors (Lipinski definition) is 2. The Morgan fingerprint density at radius 2 is 1.73 bits per heavy atom. The first-order valence-corrected chi connectivity index (χ1v) is 10.7. The minimum Gasteiger partial charge on any atom is -0.427 e. The van der Waals surface area contributed by atoms with Gasteiger partial charge in [-0.25, -0.2) is 0 Å². The van der Waals surface area contributed by atoms with Gasteiger partial charge in [-0.1, -0.05) is 77.0 Å². The van der Waals surface area contributed by atoms with Gasteiger partial charge in [0.05, 0.1) is 0 Å². The largest absolute Gasteiger partial charge is 0.427 e. The first-order chi connectivity index (χ1) is 12.7. The number of benzene rings is 1. The quantitative estimate of drug-likeness (QED) is 0.236. The number of ether oxygens (including phenoxy) is 1. The molecule has 0 radical (unpaired) electrons. The third-order valence-electron chi connectivity index (χ3n) is 5.43. The Hall–Kier alpha value is -1.57. The summed E-state index contributed by atoms with van der Waals surface area (Å²) in [5, 5.41) is 0. The number of hydrogen-bond donors (Lipinski definition) is 0. The van der Waals surface area contributed by atoms with E-state index >= 15 is 0 Å². The summed E-state index contributed by atoms with van der Waals surface area (Å²) in [5.41, 5.74) is 2.73. The van der Waals surface area contributed by atoms with Crippen LogP contribution in [0.1, 0.15) is 96.5 Å². The summed E-state index contributed by atoms with van der Waals surface area (Å²) in [6.45, 7) is 4.35. The van der Waals surface area contributed by atoms with E-state index in [1.54, 1.807) is 0 Å². The highest BCUT2D eigenvalue weighted by atomic mass is 16.5. The van der Waals surface area contributed by atoms with Gasteiger partial charge in [0.1, 0.15) is 5.75 Å². The van der Waals surface area contributed by atoms with Crippen LogP contribution in [0.3, 0.4) is 0 Å². The molecule has 0 aliphatic heterocycles. The lowest BCUT2D eigenvalue weighted by atomic mass is 9.84. The Bertz CT molecular complexity index is 556. The summed E-state index contributed by atoms with van der Waals surface area (Å²) >= 11 is 0. The molecule has 2 heteroatoms. The van der Waals surface area contributed by atoms with Gasteiger partial charge in [-0.15, -0.1) is 0 Å². The van der Waals surface area contributed by atoms with Crippen LogP contribution in [0, 0.1) is 5.92 Å². The van der Waals surface area contributed by atoms with Crippen molar-refractivity contribution >= 4 is 11.5 Å². The van der Waals surface area contributed by atoms with Crippen LogP contribution < -0.4 is 4.74 Å². The van der Waals surface area contributed by atoms with Crippen molar-refractivity contribution < 1.29 is 9.53 Å². The van der Waals surface area contributed by atoms with E-state index in [9.17, 15) is 4.79 Å². The van der Waals surface area contributed by atoms with E-state index in [1.807, 2.05) is 12.1 Å². The second-order valence-corrected chi connectivity index (χ2v) is 7.67. The fourth-order valence-corrected chi connectivity index (χ4v) is 3.69. The SMILES string of the molecule is CCCCCCCC1CC=C(c2ccc(OC(=O)CCCC)cc2)CC1. The molecule has 1 aliphatic carbocycles. The fourth-order valence-electron chi connectivity index (χ4n) is 3.69. The molecule has 0 saturated carbocycles. The van der Waals surface area contributed by atoms with Crippen molar-refractivity contribution in [2.45, 2.75) is 90.9 Å². The van der Waals surface area contributed by atoms with Crippen LogP contribution in [0.5, 0.6) is 5.75 Å². The normalized spacial score (nSPS) is 17.0. The first-order valence-electron chi connectivity index (χ1n) is 10.7. The van der Waals surface area contributed by atoms with Crippen LogP contribution in [0.15, 0.2) is 30.3 Å². The minimum atomic E-state index is -0.127. The molecule has 1 aromatic carbocycles. The highest BCUT2D eigenvalue weighted by Gasteiger charge is 2.15. The van der Waals surface area contributed by atoms with Gasteiger partial charge in [0, 0.05) is 6.42 Å². The van der Waals surface area contributed by atoms with Crippen molar-refractivity contribution in [2.75, 3.05) is 0 Å². The highest BCUT2D eigenvalue weighted by molar-refractivity contribution is 5.73. The zero-order chi connectivity index (χ0) is 18.6. The topological polar surface area (TPSA) is 26.3 Å². The minimum absolute atomic E-state index is 0.127. The zero-order valence-electron chi connectivity index (χ0n) is 16.8. The van der Waals surface area contributed by atoms with Crippen LogP contribution in [0.2, 0.25) is 0 Å². The van der Waals surface area contributed by atoms with Crippen LogP contribution >= 0.6 is 0 Å². The monoisotopic (exact) mass is 356 g/mol. The number of allylic oxidation sites excluding steroid dienone is 2. The standard InChI is InChI=1S/C24H36O2/c1-3-5-7-8-9-10-20-12-14-21(15-13-20)22-16-18-23(19-17-22)26-24(25)11-6-4-2/h14,16-20H,3-13,15H2,1-2H3. The van der Waals surface area contributed by atoms with Crippen molar-refractivity contribution in [2.24, 2.45) is 5.92 Å². The number of carbonyl (C=O) groups is 1. The van der Waals surface area contributed by atoms with Gasteiger partial charge in [-0.05, 0) is 54.9 Å². The third-order valence-corrected chi connectivity index (χ3v) is 5.43. The van der Waals surface area contributed by atoms with E-state index in [4.69, 9.17) is 4.74 Å². The Morgan fingerprint density at radius 1 is 1.00 bits per heavy atom. The Morgan fingerprint density at radius 3 is 2.38 bits per heavy atom. The van der Waals surface area contributed by atoms with E-state index in [0.29, 0.717) is 12.2 Å². The maximum atomic E-state index is 11.7. The number of carbonyl (C=O) groups excluding carboxylic acids is 1. The van der Waals surface area contributed by atoms with Crippen molar-refractivity contribution in [1.29, 1.82) is 0 Å². The highest BCUT2D eigenvalue weighted by Crippen LogP contribution is 2.33. The summed E-state index contributed by atoms with van der Waals surface area (Å²) in [4.78, 5) is 11.7. The Labute approximate surface area is 160 Å². The smallest absolute Gasteiger partial charge is 0.311 e. The van der Waals surface area contributed by atoms with Crippen LogP contribution in [-0.2, 0) is 4.79 Å². The van der Waals surface area contributed by atoms with Crippen LogP contribution in [-0.4, -0.2) is 5.97 Å². The van der Waals surface area contributed by atoms with Crippen molar-refractivity contribution in [3.8, 4) is 5.75 Å². The van der Waals surface area contributed by atoms with Crippen LogP contribution in [0.25, 0.3) is 5.57 Å². The lowest BCUT2D eigenvalue weighted by Gasteiger charge is -2.22. The molecule has 144 valence electrons. The maximum absolute atomic E-state index is 11.7. The van der Waals surface area contributed by atoms with Crippen molar-refractivity contribution in [1.82, 2.24) is 0 Å². The summed E-state index contributed by atoms with van der Waals surface area (Å²) < 4.78 is 5.39. The molecule has 0 saturated heterocycles. The average molecular weight is 357 g/mol. The molecule has 0 bridgehead atoms. The van der Waals surface area contributed by atoms with Crippen LogP contribution in [0.4, 0.5) is 0 Å². The fraction of sp³-hybridized carbons (Fsp3) is 0.625. The zero-order valence-corrected chi connectivity index (χ0v) is 16.8. The predicted molar refractivity (Wildman–Crippen MR) is 110 cm³/mol. The third kappa shape index (κ3) is 7.35. The molecule has 0 aromatic heterocycles. The molecule has 0 amide bonds. The predicted octanol–water partition coefficient (Wildman–Crippen LogP) is 7.33. The van der Waals surface area contributed by atoms with Gasteiger partial charge in [0.15, 0.2) is 0 Å². The number of esters is 1. The lowest BCUT2D eigenvalue weighted by Crippen LogP contribution is -2.07. The molecule has 2 rings (SSSR count). The molecule has 0 heterocycles. The molecule has 0 fully saturated rings. The number of rotatable bonds is 11. The Balaban J connectivity index is 1.76. The second kappa shape index (κ2) is 11.9. The van der Waals surface area contributed by atoms with E-state index in [0.717, 1.165) is 18.8 Å². The molecule has 26 heavy (non-hydrogen) atoms. The van der Waals surface area contributed by atoms with E-state index < -0.39 is 0 Å². The van der Waals surface area contributed by atoms with Gasteiger partial charge in [-0.2, -0.15) is 0 Å². The maximum Gasteiger partial charge on any atom is 0.311 e. The van der Waals surface area contributed by atoms with Gasteiger partial charge >= 0.3 is 5.97 Å². The van der Waals surface area contributed by atoms with E-state index in [-0.39, 0.29) is 5.97 Å². The molecule has 1 atom stereocenters. The van der Waals surface area contributed by atoms with E-state index in [1.165, 1.54) is 68.9 Å². The molecule has 1 unspecified atom stereocenters. The summed E-state index contributed by atoms with van der Waals surface area (Å²) in [7, 11) is 0. The molecule has 1 aromatic rings. The summed E-state index contributed by atoms with van der Waals surface area (Å²) in [6.07, 6.45) is 16.9. The van der Waals surface area contributed by atoms with Crippen molar-refractivity contribution in [3.63, 3.8) is 0 Å². The van der Waals surface area contributed by atoms with Gasteiger partial charge < -0.3 is 4.74 Å².